The molecule has 3 aromatic rings. The smallest absolute Gasteiger partial charge is 0.422 e. The Labute approximate surface area is 163 Å². The minimum Gasteiger partial charge on any atom is -0.484 e. The highest BCUT2D eigenvalue weighted by molar-refractivity contribution is 5.86. The summed E-state index contributed by atoms with van der Waals surface area (Å²) in [6.45, 7) is 4.37. The first-order valence-corrected chi connectivity index (χ1v) is 9.22. The third-order valence-corrected chi connectivity index (χ3v) is 4.72. The van der Waals surface area contributed by atoms with Gasteiger partial charge in [0.15, 0.2) is 6.61 Å². The van der Waals surface area contributed by atoms with Gasteiger partial charge in [-0.05, 0) is 34.0 Å². The van der Waals surface area contributed by atoms with Gasteiger partial charge in [-0.1, -0.05) is 68.4 Å². The zero-order chi connectivity index (χ0) is 20.2. The molecule has 0 aliphatic carbocycles. The van der Waals surface area contributed by atoms with Gasteiger partial charge in [-0.3, -0.25) is 0 Å². The summed E-state index contributed by atoms with van der Waals surface area (Å²) >= 11 is 0. The fourth-order valence-electron chi connectivity index (χ4n) is 3.34. The third kappa shape index (κ3) is 5.26. The molecule has 1 N–H and O–H groups in total. The quantitative estimate of drug-likeness (QED) is 0.549. The van der Waals surface area contributed by atoms with Crippen LogP contribution in [0.5, 0.6) is 5.75 Å². The summed E-state index contributed by atoms with van der Waals surface area (Å²) in [7, 11) is 0. The van der Waals surface area contributed by atoms with E-state index in [1.807, 2.05) is 18.2 Å². The zero-order valence-corrected chi connectivity index (χ0v) is 16.0. The average Bonchev–Trinajstić information content (AvgIpc) is 2.65. The maximum atomic E-state index is 12.3. The number of hydrogen-bond acceptors (Lipinski definition) is 2. The molecule has 0 fully saturated rings. The molecule has 0 radical (unpaired) electrons. The molecule has 3 aromatic carbocycles. The maximum Gasteiger partial charge on any atom is 0.422 e. The number of halogens is 3. The second-order valence-corrected chi connectivity index (χ2v) is 7.57. The highest BCUT2D eigenvalue weighted by atomic mass is 19.4. The summed E-state index contributed by atoms with van der Waals surface area (Å²) < 4.78 is 41.8. The van der Waals surface area contributed by atoms with E-state index in [1.54, 1.807) is 12.1 Å². The van der Waals surface area contributed by atoms with Crippen LogP contribution in [0, 0.1) is 0 Å². The zero-order valence-electron chi connectivity index (χ0n) is 16.0. The Bertz CT molecular complexity index is 929. The summed E-state index contributed by atoms with van der Waals surface area (Å²) in [5, 5.41) is 5.87. The molecule has 0 unspecified atom stereocenters. The summed E-state index contributed by atoms with van der Waals surface area (Å²) in [5.74, 6) is 0.227. The van der Waals surface area contributed by atoms with E-state index in [2.05, 4.69) is 49.5 Å². The van der Waals surface area contributed by atoms with Crippen LogP contribution >= 0.6 is 0 Å². The molecular weight excluding hydrogens is 363 g/mol. The van der Waals surface area contributed by atoms with Gasteiger partial charge in [-0.25, -0.2) is 0 Å². The van der Waals surface area contributed by atoms with Crippen molar-refractivity contribution in [3.63, 3.8) is 0 Å². The lowest BCUT2D eigenvalue weighted by atomic mass is 9.81. The van der Waals surface area contributed by atoms with Gasteiger partial charge < -0.3 is 10.1 Å². The number of rotatable bonds is 7. The molecule has 0 atom stereocenters. The number of fused-ring (bicyclic) bond motifs is 1. The van der Waals surface area contributed by atoms with Crippen molar-refractivity contribution < 1.29 is 17.9 Å². The standard InChI is InChI=1S/C23H24F3NO/c1-22(2,21-12-6-9-18-8-3-4-11-20(18)21)15-27-14-17-7-5-10-19(13-17)28-16-23(24,25)26/h3-13,27H,14-16H2,1-2H3. The number of ether oxygens (including phenoxy) is 1. The summed E-state index contributed by atoms with van der Waals surface area (Å²) in [6.07, 6.45) is -4.34. The van der Waals surface area contributed by atoms with Crippen molar-refractivity contribution in [1.29, 1.82) is 0 Å². The van der Waals surface area contributed by atoms with E-state index in [0.717, 1.165) is 12.1 Å². The molecule has 0 bridgehead atoms. The predicted octanol–water partition coefficient (Wildman–Crippen LogP) is 5.85. The topological polar surface area (TPSA) is 21.3 Å². The molecule has 0 saturated carbocycles. The van der Waals surface area contributed by atoms with Crippen LogP contribution in [-0.2, 0) is 12.0 Å². The first-order chi connectivity index (χ1) is 13.2. The number of benzene rings is 3. The molecule has 3 rings (SSSR count). The second kappa shape index (κ2) is 8.23. The highest BCUT2D eigenvalue weighted by Gasteiger charge is 2.28. The lowest BCUT2D eigenvalue weighted by Gasteiger charge is -2.27. The van der Waals surface area contributed by atoms with E-state index in [0.29, 0.717) is 6.54 Å². The Morgan fingerprint density at radius 3 is 2.39 bits per heavy atom. The first-order valence-electron chi connectivity index (χ1n) is 9.22. The molecule has 148 valence electrons. The summed E-state index contributed by atoms with van der Waals surface area (Å²) in [6, 6.07) is 21.4. The van der Waals surface area contributed by atoms with Crippen LogP contribution < -0.4 is 10.1 Å². The van der Waals surface area contributed by atoms with Crippen LogP contribution in [-0.4, -0.2) is 19.3 Å². The summed E-state index contributed by atoms with van der Waals surface area (Å²) in [4.78, 5) is 0. The van der Waals surface area contributed by atoms with Crippen LogP contribution in [0.15, 0.2) is 66.7 Å². The van der Waals surface area contributed by atoms with Gasteiger partial charge in [-0.15, -0.1) is 0 Å². The first kappa shape index (κ1) is 20.2. The van der Waals surface area contributed by atoms with E-state index in [1.165, 1.54) is 22.4 Å². The molecule has 0 heterocycles. The largest absolute Gasteiger partial charge is 0.484 e. The van der Waals surface area contributed by atoms with Crippen molar-refractivity contribution in [2.45, 2.75) is 32.0 Å². The molecule has 5 heteroatoms. The van der Waals surface area contributed by atoms with E-state index in [-0.39, 0.29) is 11.2 Å². The van der Waals surface area contributed by atoms with Gasteiger partial charge in [0.1, 0.15) is 5.75 Å². The van der Waals surface area contributed by atoms with Crippen molar-refractivity contribution in [1.82, 2.24) is 5.32 Å². The fraction of sp³-hybridized carbons (Fsp3) is 0.304. The lowest BCUT2D eigenvalue weighted by Crippen LogP contribution is -2.32. The van der Waals surface area contributed by atoms with Crippen molar-refractivity contribution in [3.8, 4) is 5.75 Å². The van der Waals surface area contributed by atoms with Gasteiger partial charge in [0.25, 0.3) is 0 Å². The molecular formula is C23H24F3NO. The van der Waals surface area contributed by atoms with E-state index >= 15 is 0 Å². The Morgan fingerprint density at radius 1 is 0.893 bits per heavy atom. The molecule has 0 aromatic heterocycles. The van der Waals surface area contributed by atoms with Gasteiger partial charge in [-0.2, -0.15) is 13.2 Å². The molecule has 0 aliphatic heterocycles. The SMILES string of the molecule is CC(C)(CNCc1cccc(OCC(F)(F)F)c1)c1cccc2ccccc12. The normalized spacial score (nSPS) is 12.3. The van der Waals surface area contributed by atoms with Gasteiger partial charge in [0.2, 0.25) is 0 Å². The Morgan fingerprint density at radius 2 is 1.61 bits per heavy atom. The van der Waals surface area contributed by atoms with Crippen molar-refractivity contribution in [2.75, 3.05) is 13.2 Å². The van der Waals surface area contributed by atoms with Crippen LogP contribution in [0.25, 0.3) is 10.8 Å². The molecule has 0 amide bonds. The molecule has 28 heavy (non-hydrogen) atoms. The van der Waals surface area contributed by atoms with Gasteiger partial charge >= 0.3 is 6.18 Å². The summed E-state index contributed by atoms with van der Waals surface area (Å²) in [5.41, 5.74) is 2.04. The average molecular weight is 387 g/mol. The molecule has 0 spiro atoms. The number of nitrogens with one attached hydrogen (secondary N) is 1. The van der Waals surface area contributed by atoms with Gasteiger partial charge in [0.05, 0.1) is 0 Å². The van der Waals surface area contributed by atoms with E-state index < -0.39 is 12.8 Å². The van der Waals surface area contributed by atoms with Crippen molar-refractivity contribution >= 4 is 10.8 Å². The second-order valence-electron chi connectivity index (χ2n) is 7.57. The lowest BCUT2D eigenvalue weighted by molar-refractivity contribution is -0.153. The minimum atomic E-state index is -4.34. The van der Waals surface area contributed by atoms with Crippen molar-refractivity contribution in [2.24, 2.45) is 0 Å². The van der Waals surface area contributed by atoms with Crippen LogP contribution in [0.3, 0.4) is 0 Å². The van der Waals surface area contributed by atoms with Crippen LogP contribution in [0.4, 0.5) is 13.2 Å². The third-order valence-electron chi connectivity index (χ3n) is 4.72. The fourth-order valence-corrected chi connectivity index (χ4v) is 3.34. The predicted molar refractivity (Wildman–Crippen MR) is 107 cm³/mol. The number of hydrogen-bond donors (Lipinski definition) is 1. The van der Waals surface area contributed by atoms with Crippen LogP contribution in [0.1, 0.15) is 25.0 Å². The van der Waals surface area contributed by atoms with E-state index in [9.17, 15) is 13.2 Å². The molecule has 2 nitrogen and oxygen atoms in total. The molecule has 0 aliphatic rings. The van der Waals surface area contributed by atoms with E-state index in [4.69, 9.17) is 4.74 Å². The molecule has 0 saturated heterocycles. The van der Waals surface area contributed by atoms with Crippen molar-refractivity contribution in [3.05, 3.63) is 77.9 Å². The Balaban J connectivity index is 1.64. The Kier molecular flexibility index (Phi) is 5.94. The Hall–Kier alpha value is -2.53. The highest BCUT2D eigenvalue weighted by Crippen LogP contribution is 2.30. The van der Waals surface area contributed by atoms with Crippen LogP contribution in [0.2, 0.25) is 0 Å². The monoisotopic (exact) mass is 387 g/mol. The maximum absolute atomic E-state index is 12.3. The van der Waals surface area contributed by atoms with Gasteiger partial charge in [0, 0.05) is 18.5 Å². The minimum absolute atomic E-state index is 0.106. The number of alkyl halides is 3.